The van der Waals surface area contributed by atoms with Gasteiger partial charge in [-0.1, -0.05) is 30.3 Å². The predicted octanol–water partition coefficient (Wildman–Crippen LogP) is 0.506. The molecule has 0 saturated carbocycles. The van der Waals surface area contributed by atoms with E-state index in [0.717, 1.165) is 5.56 Å². The molecular weight excluding hydrogens is 386 g/mol. The molecular formula is C21H27N5O4. The molecule has 1 spiro atoms. The average Bonchev–Trinajstić information content (AvgIpc) is 3.00. The molecule has 0 aromatic heterocycles. The summed E-state index contributed by atoms with van der Waals surface area (Å²) in [5.74, 6) is -1.11. The molecule has 9 heteroatoms. The van der Waals surface area contributed by atoms with Crippen LogP contribution in [0.1, 0.15) is 51.1 Å². The Balaban J connectivity index is 0.000000303. The second-order valence-corrected chi connectivity index (χ2v) is 7.91. The molecule has 2 aliphatic heterocycles. The molecule has 3 unspecified atom stereocenters. The molecule has 2 aliphatic rings. The summed E-state index contributed by atoms with van der Waals surface area (Å²) in [7, 11) is 0. The summed E-state index contributed by atoms with van der Waals surface area (Å²) in [5.41, 5.74) is 8.83. The summed E-state index contributed by atoms with van der Waals surface area (Å²) in [6.07, 6.45) is 1.32. The Bertz CT molecular complexity index is 867. The highest BCUT2D eigenvalue weighted by Crippen LogP contribution is 2.55. The van der Waals surface area contributed by atoms with Crippen LogP contribution in [-0.2, 0) is 19.2 Å². The molecule has 0 aliphatic carbocycles. The van der Waals surface area contributed by atoms with Crippen LogP contribution < -0.4 is 16.8 Å². The lowest BCUT2D eigenvalue weighted by Gasteiger charge is -2.45. The maximum Gasteiger partial charge on any atom is 0.248 e. The Morgan fingerprint density at radius 3 is 2.13 bits per heavy atom. The average molecular weight is 413 g/mol. The third-order valence-corrected chi connectivity index (χ3v) is 5.50. The molecule has 0 radical (unpaired) electrons. The Morgan fingerprint density at radius 1 is 1.20 bits per heavy atom. The van der Waals surface area contributed by atoms with Crippen molar-refractivity contribution in [3.05, 3.63) is 35.9 Å². The minimum Gasteiger partial charge on any atom is -0.370 e. The van der Waals surface area contributed by atoms with Crippen molar-refractivity contribution in [2.45, 2.75) is 51.1 Å². The van der Waals surface area contributed by atoms with E-state index in [1.165, 1.54) is 6.92 Å². The molecule has 9 nitrogen and oxygen atoms in total. The molecule has 3 rings (SSSR count). The van der Waals surface area contributed by atoms with Crippen LogP contribution in [0, 0.1) is 16.7 Å². The summed E-state index contributed by atoms with van der Waals surface area (Å²) < 4.78 is 0. The summed E-state index contributed by atoms with van der Waals surface area (Å²) in [4.78, 5) is 46.1. The van der Waals surface area contributed by atoms with Gasteiger partial charge in [0, 0.05) is 26.2 Å². The van der Waals surface area contributed by atoms with E-state index in [4.69, 9.17) is 11.5 Å². The van der Waals surface area contributed by atoms with Crippen molar-refractivity contribution in [1.82, 2.24) is 10.2 Å². The zero-order valence-electron chi connectivity index (χ0n) is 17.2. The van der Waals surface area contributed by atoms with Gasteiger partial charge in [-0.2, -0.15) is 5.26 Å². The largest absolute Gasteiger partial charge is 0.370 e. The Labute approximate surface area is 175 Å². The number of nitrogens with zero attached hydrogens (tertiary/aromatic N) is 2. The predicted molar refractivity (Wildman–Crippen MR) is 108 cm³/mol. The number of hydrogen-bond donors (Lipinski definition) is 3. The van der Waals surface area contributed by atoms with E-state index in [9.17, 15) is 24.4 Å². The van der Waals surface area contributed by atoms with Gasteiger partial charge < -0.3 is 21.7 Å². The first kappa shape index (κ1) is 22.9. The van der Waals surface area contributed by atoms with E-state index in [1.807, 2.05) is 37.3 Å². The van der Waals surface area contributed by atoms with Gasteiger partial charge in [0.15, 0.2) is 0 Å². The molecule has 1 aromatic rings. The number of amides is 4. The van der Waals surface area contributed by atoms with E-state index in [2.05, 4.69) is 11.4 Å². The lowest BCUT2D eigenvalue weighted by molar-refractivity contribution is -0.153. The minimum absolute atomic E-state index is 0.155. The number of likely N-dealkylation sites (tertiary alicyclic amines) is 1. The number of benzene rings is 1. The minimum atomic E-state index is -0.864. The summed E-state index contributed by atoms with van der Waals surface area (Å²) in [5, 5.41) is 12.4. The summed E-state index contributed by atoms with van der Waals surface area (Å²) >= 11 is 0. The maximum absolute atomic E-state index is 12.2. The first-order chi connectivity index (χ1) is 14.1. The van der Waals surface area contributed by atoms with Crippen molar-refractivity contribution in [2.75, 3.05) is 6.54 Å². The van der Waals surface area contributed by atoms with Gasteiger partial charge >= 0.3 is 0 Å². The van der Waals surface area contributed by atoms with E-state index in [-0.39, 0.29) is 24.7 Å². The summed E-state index contributed by atoms with van der Waals surface area (Å²) in [6.45, 7) is 3.72. The maximum atomic E-state index is 12.2. The molecule has 160 valence electrons. The number of nitrogens with one attached hydrogen (secondary N) is 1. The molecule has 1 aromatic carbocycles. The normalized spacial score (nSPS) is 26.6. The van der Waals surface area contributed by atoms with Crippen LogP contribution >= 0.6 is 0 Å². The number of carbonyl (C=O) groups excluding carboxylic acids is 4. The molecule has 30 heavy (non-hydrogen) atoms. The van der Waals surface area contributed by atoms with E-state index < -0.39 is 28.8 Å². The van der Waals surface area contributed by atoms with Gasteiger partial charge in [-0.05, 0) is 18.9 Å². The van der Waals surface area contributed by atoms with Crippen molar-refractivity contribution in [2.24, 2.45) is 16.9 Å². The Hall–Kier alpha value is -3.41. The number of β-lactam (4-membered cyclic amide) rings is 1. The topological polar surface area (TPSA) is 159 Å². The van der Waals surface area contributed by atoms with E-state index >= 15 is 0 Å². The van der Waals surface area contributed by atoms with E-state index in [0.29, 0.717) is 19.4 Å². The van der Waals surface area contributed by atoms with Gasteiger partial charge in [-0.15, -0.1) is 0 Å². The first-order valence-electron chi connectivity index (χ1n) is 9.68. The SMILES string of the molecule is CC(=O)N1C(c2ccccc2)C(C)(C#N)CC12CNC2=O.NC(=O)CCCC(N)=O. The summed E-state index contributed by atoms with van der Waals surface area (Å²) in [6, 6.07) is 11.4. The zero-order chi connectivity index (χ0) is 22.5. The van der Waals surface area contributed by atoms with Crippen LogP contribution in [0.25, 0.3) is 0 Å². The Kier molecular flexibility index (Phi) is 6.82. The number of hydrogen-bond acceptors (Lipinski definition) is 5. The van der Waals surface area contributed by atoms with Crippen molar-refractivity contribution in [3.63, 3.8) is 0 Å². The number of nitrogens with two attached hydrogens (primary N) is 2. The standard InChI is InChI=1S/C16H17N3O2.C5H10N2O2/c1-11(20)19-13(12-6-4-3-5-7-12)15(2,9-17)8-16(19)10-18-14(16)21;6-4(8)2-1-3-5(7)9/h3-7,13H,8,10H2,1-2H3,(H,18,21);1-3H2,(H2,6,8)(H2,7,9). The quantitative estimate of drug-likeness (QED) is 0.599. The second kappa shape index (κ2) is 8.95. The molecule has 2 heterocycles. The highest BCUT2D eigenvalue weighted by molar-refractivity contribution is 5.97. The molecule has 5 N–H and O–H groups in total. The van der Waals surface area contributed by atoms with Crippen molar-refractivity contribution in [3.8, 4) is 6.07 Å². The molecule has 2 fully saturated rings. The van der Waals surface area contributed by atoms with Crippen LogP contribution in [0.15, 0.2) is 30.3 Å². The van der Waals surface area contributed by atoms with Crippen molar-refractivity contribution < 1.29 is 19.2 Å². The number of carbonyl (C=O) groups is 4. The molecule has 4 amide bonds. The van der Waals surface area contributed by atoms with Crippen LogP contribution in [0.5, 0.6) is 0 Å². The van der Waals surface area contributed by atoms with Gasteiger partial charge in [-0.3, -0.25) is 19.2 Å². The zero-order valence-corrected chi connectivity index (χ0v) is 17.2. The van der Waals surface area contributed by atoms with Gasteiger partial charge in [-0.25, -0.2) is 0 Å². The third-order valence-electron chi connectivity index (χ3n) is 5.50. The van der Waals surface area contributed by atoms with Crippen LogP contribution in [-0.4, -0.2) is 40.6 Å². The first-order valence-corrected chi connectivity index (χ1v) is 9.68. The van der Waals surface area contributed by atoms with Gasteiger partial charge in [0.05, 0.1) is 24.1 Å². The van der Waals surface area contributed by atoms with Crippen molar-refractivity contribution in [1.29, 1.82) is 5.26 Å². The fourth-order valence-electron chi connectivity index (χ4n) is 4.20. The molecule has 0 bridgehead atoms. The van der Waals surface area contributed by atoms with Crippen molar-refractivity contribution >= 4 is 23.6 Å². The molecule has 2 saturated heterocycles. The van der Waals surface area contributed by atoms with E-state index in [1.54, 1.807) is 4.90 Å². The Morgan fingerprint density at radius 2 is 1.77 bits per heavy atom. The van der Waals surface area contributed by atoms with Gasteiger partial charge in [0.1, 0.15) is 5.54 Å². The number of rotatable bonds is 5. The third kappa shape index (κ3) is 4.43. The smallest absolute Gasteiger partial charge is 0.248 e. The van der Waals surface area contributed by atoms with Gasteiger partial charge in [0.25, 0.3) is 0 Å². The molecule has 3 atom stereocenters. The van der Waals surface area contributed by atoms with Crippen LogP contribution in [0.2, 0.25) is 0 Å². The van der Waals surface area contributed by atoms with Crippen LogP contribution in [0.4, 0.5) is 0 Å². The number of primary amides is 2. The second-order valence-electron chi connectivity index (χ2n) is 7.91. The highest BCUT2D eigenvalue weighted by atomic mass is 16.2. The lowest BCUT2D eigenvalue weighted by atomic mass is 9.75. The lowest BCUT2D eigenvalue weighted by Crippen LogP contribution is -2.71. The fraction of sp³-hybridized carbons (Fsp3) is 0.476. The monoisotopic (exact) mass is 413 g/mol. The highest BCUT2D eigenvalue weighted by Gasteiger charge is 2.66. The fourth-order valence-corrected chi connectivity index (χ4v) is 4.20. The van der Waals surface area contributed by atoms with Gasteiger partial charge in [0.2, 0.25) is 23.6 Å². The van der Waals surface area contributed by atoms with Crippen LogP contribution in [0.3, 0.4) is 0 Å². The number of nitriles is 1.